The van der Waals surface area contributed by atoms with Crippen molar-refractivity contribution in [3.05, 3.63) is 56.4 Å². The number of nitro groups is 2. The van der Waals surface area contributed by atoms with Gasteiger partial charge in [-0.05, 0) is 5.53 Å². The second-order valence-corrected chi connectivity index (χ2v) is 1.64. The molecule has 1 N–H and O–H groups in total. The first-order valence-corrected chi connectivity index (χ1v) is 3.04. The predicted molar refractivity (Wildman–Crippen MR) is 40.3 cm³/mol. The summed E-state index contributed by atoms with van der Waals surface area (Å²) in [5.74, 6) is 0. The lowest BCUT2D eigenvalue weighted by Crippen LogP contribution is -1.97. The number of nitrogens with zero attached hydrogens (tertiary/aromatic N) is 3. The van der Waals surface area contributed by atoms with Crippen molar-refractivity contribution in [2.45, 2.75) is 0 Å². The number of hydrogen-bond donors (Lipinski definition) is 0. The number of H-pyrrole nitrogens is 1. The Morgan fingerprint density at radius 3 is 1.54 bits per heavy atom. The maximum Gasteiger partial charge on any atom is 0.166 e. The number of aromatic amines is 1. The van der Waals surface area contributed by atoms with Crippen LogP contribution in [0.2, 0.25) is 0 Å². The predicted octanol–water partition coefficient (Wildman–Crippen LogP) is 0.244. The highest BCUT2D eigenvalue weighted by Crippen LogP contribution is 1.82. The molecule has 13 heavy (non-hydrogen) atoms. The first-order chi connectivity index (χ1) is 6.13. The molecule has 0 saturated carbocycles. The average Bonchev–Trinajstić information content (AvgIpc) is 2.06. The topological polar surface area (TPSA) is 115 Å². The molecular weight excluding hydrogens is 180 g/mol. The largest absolute Gasteiger partial charge is 0.264 e. The van der Waals surface area contributed by atoms with Crippen LogP contribution in [-0.4, -0.2) is 10.1 Å². The van der Waals surface area contributed by atoms with Gasteiger partial charge in [-0.1, -0.05) is 6.07 Å². The summed E-state index contributed by atoms with van der Waals surface area (Å²) in [6.07, 6.45) is 3.75. The maximum atomic E-state index is 9.01. The van der Waals surface area contributed by atoms with Crippen molar-refractivity contribution in [2.24, 2.45) is 0 Å². The molecule has 1 heterocycles. The Balaban J connectivity index is 0.000000223. The van der Waals surface area contributed by atoms with E-state index in [1.165, 1.54) is 0 Å². The lowest BCUT2D eigenvalue weighted by Gasteiger charge is -1.92. The first kappa shape index (κ1) is 10.8. The van der Waals surface area contributed by atoms with Gasteiger partial charge in [-0.25, -0.2) is 4.98 Å². The minimum atomic E-state index is -1.38. The number of pyridine rings is 1. The molecule has 8 heteroatoms. The molecule has 0 aliphatic rings. The van der Waals surface area contributed by atoms with E-state index in [-0.39, 0.29) is 0 Å². The van der Waals surface area contributed by atoms with Crippen LogP contribution in [-0.2, 0) is 0 Å². The SMILES string of the molecule is O=[N+]([O-])[N-][N+](=O)[O-].c1cc[nH+]cc1. The number of hydrogen-bond acceptors (Lipinski definition) is 4. The van der Waals surface area contributed by atoms with Crippen LogP contribution in [0.4, 0.5) is 0 Å². The molecule has 70 valence electrons. The van der Waals surface area contributed by atoms with Crippen molar-refractivity contribution in [3.63, 3.8) is 0 Å². The molecule has 0 aliphatic heterocycles. The van der Waals surface area contributed by atoms with Crippen molar-refractivity contribution in [2.75, 3.05) is 0 Å². The zero-order chi connectivity index (χ0) is 10.1. The minimum absolute atomic E-state index is 1.38. The van der Waals surface area contributed by atoms with E-state index in [1.54, 1.807) is 5.53 Å². The normalized spacial score (nSPS) is 7.69. The van der Waals surface area contributed by atoms with Gasteiger partial charge in [0, 0.05) is 22.2 Å². The van der Waals surface area contributed by atoms with Gasteiger partial charge in [-0.3, -0.25) is 20.2 Å². The maximum absolute atomic E-state index is 9.01. The van der Waals surface area contributed by atoms with Gasteiger partial charge in [-0.2, -0.15) is 0 Å². The van der Waals surface area contributed by atoms with E-state index < -0.39 is 10.1 Å². The van der Waals surface area contributed by atoms with Crippen LogP contribution in [0.3, 0.4) is 0 Å². The van der Waals surface area contributed by atoms with E-state index in [0.29, 0.717) is 0 Å². The summed E-state index contributed by atoms with van der Waals surface area (Å²) >= 11 is 0. The fraction of sp³-hybridized carbons (Fsp3) is 0. The van der Waals surface area contributed by atoms with E-state index in [9.17, 15) is 0 Å². The van der Waals surface area contributed by atoms with Crippen molar-refractivity contribution in [1.82, 2.24) is 0 Å². The molecule has 1 aromatic rings. The van der Waals surface area contributed by atoms with Crippen LogP contribution < -0.4 is 4.98 Å². The summed E-state index contributed by atoms with van der Waals surface area (Å²) < 4.78 is 0. The summed E-state index contributed by atoms with van der Waals surface area (Å²) in [6.45, 7) is 0. The molecule has 8 nitrogen and oxygen atoms in total. The first-order valence-electron chi connectivity index (χ1n) is 3.04. The second kappa shape index (κ2) is 6.46. The fourth-order valence-electron chi connectivity index (χ4n) is 0.402. The molecule has 0 fully saturated rings. The van der Waals surface area contributed by atoms with Gasteiger partial charge < -0.3 is 0 Å². The number of rotatable bonds is 2. The smallest absolute Gasteiger partial charge is 0.166 e. The molecule has 0 amide bonds. The van der Waals surface area contributed by atoms with Crippen molar-refractivity contribution in [1.29, 1.82) is 0 Å². The van der Waals surface area contributed by atoms with Crippen LogP contribution in [0.5, 0.6) is 0 Å². The third kappa shape index (κ3) is 9.75. The fourth-order valence-corrected chi connectivity index (χ4v) is 0.402. The van der Waals surface area contributed by atoms with E-state index in [1.807, 2.05) is 30.6 Å². The Bertz CT molecular complexity index is 226. The van der Waals surface area contributed by atoms with Gasteiger partial charge in [0.2, 0.25) is 0 Å². The number of aromatic nitrogens is 1. The second-order valence-electron chi connectivity index (χ2n) is 1.64. The molecule has 0 saturated heterocycles. The highest BCUT2D eigenvalue weighted by atomic mass is 16.8. The average molecular weight is 186 g/mol. The highest BCUT2D eigenvalue weighted by molar-refractivity contribution is 4.82. The molecule has 0 spiro atoms. The van der Waals surface area contributed by atoms with Crippen LogP contribution >= 0.6 is 0 Å². The summed E-state index contributed by atoms with van der Waals surface area (Å²) in [7, 11) is 0. The van der Waals surface area contributed by atoms with E-state index >= 15 is 0 Å². The van der Waals surface area contributed by atoms with Crippen LogP contribution in [0, 0.1) is 20.2 Å². The Labute approximate surface area is 72.5 Å². The zero-order valence-corrected chi connectivity index (χ0v) is 6.36. The Hall–Kier alpha value is -2.25. The van der Waals surface area contributed by atoms with E-state index in [2.05, 4.69) is 4.98 Å². The van der Waals surface area contributed by atoms with Gasteiger partial charge in [-0.15, -0.1) is 0 Å². The lowest BCUT2D eigenvalue weighted by atomic mass is 10.5. The summed E-state index contributed by atoms with van der Waals surface area (Å²) in [5, 5.41) is 15.3. The van der Waals surface area contributed by atoms with E-state index in [0.717, 1.165) is 0 Å². The monoisotopic (exact) mass is 186 g/mol. The summed E-state index contributed by atoms with van der Waals surface area (Å²) in [5.41, 5.74) is 1.72. The van der Waals surface area contributed by atoms with E-state index in [4.69, 9.17) is 20.2 Å². The number of nitrogens with one attached hydrogen (secondary N) is 1. The molecule has 0 bridgehead atoms. The standard InChI is InChI=1S/C5H5N.N3O4/c1-2-4-6-5-3-1;4-2(5)1-3(6)7/h1-5H;/q;-1/p+1. The molecule has 0 aromatic carbocycles. The van der Waals surface area contributed by atoms with Crippen LogP contribution in [0.25, 0.3) is 5.53 Å². The van der Waals surface area contributed by atoms with Crippen LogP contribution in [0.15, 0.2) is 30.6 Å². The summed E-state index contributed by atoms with van der Waals surface area (Å²) in [6, 6.07) is 5.86. The molecule has 0 atom stereocenters. The molecule has 0 aliphatic carbocycles. The quantitative estimate of drug-likeness (QED) is 0.486. The van der Waals surface area contributed by atoms with Crippen LogP contribution in [0.1, 0.15) is 0 Å². The summed E-state index contributed by atoms with van der Waals surface area (Å²) in [4.78, 5) is 20.9. The zero-order valence-electron chi connectivity index (χ0n) is 6.36. The highest BCUT2D eigenvalue weighted by Gasteiger charge is 1.84. The van der Waals surface area contributed by atoms with Gasteiger partial charge in [0.05, 0.1) is 0 Å². The Morgan fingerprint density at radius 1 is 1.00 bits per heavy atom. The minimum Gasteiger partial charge on any atom is -0.264 e. The molecule has 0 unspecified atom stereocenters. The van der Waals surface area contributed by atoms with Gasteiger partial charge in [0.1, 0.15) is 0 Å². The Morgan fingerprint density at radius 2 is 1.46 bits per heavy atom. The Kier molecular flexibility index (Phi) is 5.34. The van der Waals surface area contributed by atoms with Gasteiger partial charge in [0.15, 0.2) is 12.4 Å². The van der Waals surface area contributed by atoms with Crippen molar-refractivity contribution < 1.29 is 15.0 Å². The van der Waals surface area contributed by atoms with Crippen molar-refractivity contribution in [3.8, 4) is 0 Å². The molecule has 0 radical (unpaired) electrons. The third-order valence-electron chi connectivity index (χ3n) is 0.753. The molecular formula is C5H6N4O4. The van der Waals surface area contributed by atoms with Gasteiger partial charge in [0.25, 0.3) is 0 Å². The van der Waals surface area contributed by atoms with Gasteiger partial charge >= 0.3 is 0 Å². The lowest BCUT2D eigenvalue weighted by molar-refractivity contribution is -0.618. The van der Waals surface area contributed by atoms with Crippen molar-refractivity contribution >= 4 is 0 Å². The molecule has 1 aromatic heterocycles. The third-order valence-corrected chi connectivity index (χ3v) is 0.753. The molecule has 1 rings (SSSR count).